The number of nitrogens with zero attached hydrogens (tertiary/aromatic N) is 2. The topological polar surface area (TPSA) is 8.81 Å². The van der Waals surface area contributed by atoms with Crippen LogP contribution in [0.2, 0.25) is 0 Å². The van der Waals surface area contributed by atoms with Crippen LogP contribution in [0.15, 0.2) is 79.4 Å². The summed E-state index contributed by atoms with van der Waals surface area (Å²) in [7, 11) is 0. The second-order valence-corrected chi connectivity index (χ2v) is 6.01. The lowest BCUT2D eigenvalue weighted by atomic mass is 10.1. The Kier molecular flexibility index (Phi) is 5.98. The van der Waals surface area contributed by atoms with E-state index in [0.29, 0.717) is 6.04 Å². The molecule has 0 N–H and O–H groups in total. The third-order valence-corrected chi connectivity index (χ3v) is 4.74. The Morgan fingerprint density at radius 3 is 2.05 bits per heavy atom. The molecule has 1 aromatic heterocycles. The third-order valence-electron chi connectivity index (χ3n) is 3.74. The Bertz CT molecular complexity index is 635. The van der Waals surface area contributed by atoms with Crippen molar-refractivity contribution < 1.29 is 21.5 Å². The molecule has 0 aliphatic carbocycles. The maximum atomic E-state index is 3.76. The quantitative estimate of drug-likeness (QED) is 0.444. The van der Waals surface area contributed by atoms with Gasteiger partial charge in [-0.2, -0.15) is 0 Å². The highest BCUT2D eigenvalue weighted by molar-refractivity contribution is 9.09. The van der Waals surface area contributed by atoms with E-state index in [9.17, 15) is 0 Å². The predicted octanol–water partition coefficient (Wildman–Crippen LogP) is 1.33. The molecule has 22 heavy (non-hydrogen) atoms. The van der Waals surface area contributed by atoms with Crippen molar-refractivity contribution in [3.05, 3.63) is 90.5 Å². The maximum Gasteiger partial charge on any atom is 0.245 e. The molecule has 0 saturated carbocycles. The van der Waals surface area contributed by atoms with Gasteiger partial charge in [-0.25, -0.2) is 9.13 Å². The highest BCUT2D eigenvalue weighted by atomic mass is 79.9. The summed E-state index contributed by atoms with van der Waals surface area (Å²) in [6.07, 6.45) is 6.37. The van der Waals surface area contributed by atoms with E-state index in [0.717, 1.165) is 0 Å². The van der Waals surface area contributed by atoms with E-state index in [1.54, 1.807) is 0 Å². The molecule has 1 unspecified atom stereocenters. The summed E-state index contributed by atoms with van der Waals surface area (Å²) < 4.78 is 4.40. The van der Waals surface area contributed by atoms with Gasteiger partial charge in [-0.15, -0.1) is 0 Å². The molecule has 2 aromatic carbocycles. The molecule has 0 spiro atoms. The van der Waals surface area contributed by atoms with Gasteiger partial charge in [-0.05, 0) is 28.4 Å². The lowest BCUT2D eigenvalue weighted by Gasteiger charge is -2.09. The molecule has 0 aliphatic rings. The fourth-order valence-electron chi connectivity index (χ4n) is 2.44. The van der Waals surface area contributed by atoms with Gasteiger partial charge in [0.25, 0.3) is 0 Å². The van der Waals surface area contributed by atoms with Crippen LogP contribution in [-0.2, 0) is 0 Å². The smallest absolute Gasteiger partial charge is 0.245 e. The van der Waals surface area contributed by atoms with E-state index in [4.69, 9.17) is 0 Å². The number of hydrogen-bond acceptors (Lipinski definition) is 0. The predicted molar refractivity (Wildman–Crippen MR) is 88.4 cm³/mol. The average molecular weight is 422 g/mol. The lowest BCUT2D eigenvalue weighted by molar-refractivity contribution is -0.688. The Morgan fingerprint density at radius 1 is 0.909 bits per heavy atom. The van der Waals surface area contributed by atoms with Crippen LogP contribution >= 0.6 is 15.9 Å². The lowest BCUT2D eigenvalue weighted by Crippen LogP contribution is -3.00. The molecule has 114 valence electrons. The highest BCUT2D eigenvalue weighted by Gasteiger charge is 2.18. The van der Waals surface area contributed by atoms with E-state index >= 15 is 0 Å². The third kappa shape index (κ3) is 3.68. The summed E-state index contributed by atoms with van der Waals surface area (Å²) >= 11 is 3.76. The average Bonchev–Trinajstić information content (AvgIpc) is 3.05. The van der Waals surface area contributed by atoms with Crippen LogP contribution in [0.3, 0.4) is 0 Å². The molecular formula is C18H18Br2N2. The summed E-state index contributed by atoms with van der Waals surface area (Å²) in [5, 5.41) is 0. The Balaban J connectivity index is 0.00000176. The molecular weight excluding hydrogens is 404 g/mol. The zero-order chi connectivity index (χ0) is 14.7. The first-order valence-electron chi connectivity index (χ1n) is 7.08. The normalized spacial score (nSPS) is 13.2. The molecule has 0 amide bonds. The number of benzene rings is 2. The van der Waals surface area contributed by atoms with E-state index in [2.05, 4.69) is 105 Å². The first-order valence-corrected chi connectivity index (χ1v) is 7.99. The minimum atomic E-state index is 0. The van der Waals surface area contributed by atoms with Gasteiger partial charge < -0.3 is 17.0 Å². The van der Waals surface area contributed by atoms with Crippen molar-refractivity contribution in [3.63, 3.8) is 0 Å². The number of hydrogen-bond donors (Lipinski definition) is 0. The van der Waals surface area contributed by atoms with Gasteiger partial charge in [0, 0.05) is 5.56 Å². The van der Waals surface area contributed by atoms with E-state index in [1.165, 1.54) is 11.1 Å². The minimum absolute atomic E-state index is 0. The van der Waals surface area contributed by atoms with Crippen LogP contribution in [-0.4, -0.2) is 4.57 Å². The van der Waals surface area contributed by atoms with Crippen molar-refractivity contribution in [2.45, 2.75) is 17.9 Å². The molecule has 0 fully saturated rings. The molecule has 3 rings (SSSR count). The second kappa shape index (κ2) is 7.75. The summed E-state index contributed by atoms with van der Waals surface area (Å²) in [6.45, 7) is 2.21. The van der Waals surface area contributed by atoms with E-state index in [-0.39, 0.29) is 21.9 Å². The number of imidazole rings is 1. The first kappa shape index (κ1) is 17.0. The zero-order valence-electron chi connectivity index (χ0n) is 12.3. The van der Waals surface area contributed by atoms with Crippen LogP contribution in [0.25, 0.3) is 0 Å². The number of halogens is 2. The van der Waals surface area contributed by atoms with Crippen LogP contribution in [0.5, 0.6) is 0 Å². The van der Waals surface area contributed by atoms with Gasteiger partial charge in [0.15, 0.2) is 4.95 Å². The molecule has 0 bridgehead atoms. The van der Waals surface area contributed by atoms with Gasteiger partial charge in [-0.3, -0.25) is 0 Å². The summed E-state index contributed by atoms with van der Waals surface area (Å²) in [4.78, 5) is 0.155. The highest BCUT2D eigenvalue weighted by Crippen LogP contribution is 2.20. The molecule has 2 nitrogen and oxygen atoms in total. The van der Waals surface area contributed by atoms with Crippen molar-refractivity contribution in [1.82, 2.24) is 4.57 Å². The fourth-order valence-corrected chi connectivity index (χ4v) is 2.98. The van der Waals surface area contributed by atoms with E-state index < -0.39 is 0 Å². The summed E-state index contributed by atoms with van der Waals surface area (Å²) in [5.74, 6) is 0. The van der Waals surface area contributed by atoms with Crippen molar-refractivity contribution in [2.24, 2.45) is 0 Å². The van der Waals surface area contributed by atoms with Crippen LogP contribution in [0.4, 0.5) is 0 Å². The Morgan fingerprint density at radius 2 is 1.45 bits per heavy atom. The molecule has 1 heterocycles. The van der Waals surface area contributed by atoms with Crippen molar-refractivity contribution in [3.8, 4) is 0 Å². The second-order valence-electron chi connectivity index (χ2n) is 5.14. The Hall–Kier alpha value is -1.39. The number of alkyl halides is 1. The van der Waals surface area contributed by atoms with Gasteiger partial charge in [-0.1, -0.05) is 60.7 Å². The molecule has 4 heteroatoms. The van der Waals surface area contributed by atoms with Gasteiger partial charge >= 0.3 is 0 Å². The maximum absolute atomic E-state index is 3.76. The molecule has 0 saturated heterocycles. The molecule has 2 atom stereocenters. The standard InChI is InChI=1S/C18H18BrN2.BrH/c1-15(16-8-4-2-5-9-16)20-12-13-21(14-20)18(19)17-10-6-3-7-11-17;/h2-15,18H,1H3;1H/q+1;/p-1/t15-,18?;/m1./s1. The van der Waals surface area contributed by atoms with Gasteiger partial charge in [0.05, 0.1) is 0 Å². The molecule has 0 radical (unpaired) electrons. The monoisotopic (exact) mass is 420 g/mol. The van der Waals surface area contributed by atoms with Crippen molar-refractivity contribution in [2.75, 3.05) is 0 Å². The Labute approximate surface area is 150 Å². The molecule has 0 aliphatic heterocycles. The van der Waals surface area contributed by atoms with Gasteiger partial charge in [0.1, 0.15) is 18.4 Å². The van der Waals surface area contributed by atoms with Crippen molar-refractivity contribution in [1.29, 1.82) is 0 Å². The molecule has 3 aromatic rings. The number of aromatic nitrogens is 2. The minimum Gasteiger partial charge on any atom is -1.00 e. The number of rotatable bonds is 4. The van der Waals surface area contributed by atoms with Crippen LogP contribution in [0, 0.1) is 0 Å². The summed E-state index contributed by atoms with van der Waals surface area (Å²) in [6, 6.07) is 21.3. The van der Waals surface area contributed by atoms with Crippen LogP contribution in [0.1, 0.15) is 29.0 Å². The van der Waals surface area contributed by atoms with Crippen LogP contribution < -0.4 is 21.5 Å². The zero-order valence-corrected chi connectivity index (χ0v) is 15.5. The van der Waals surface area contributed by atoms with Crippen molar-refractivity contribution >= 4 is 15.9 Å². The first-order chi connectivity index (χ1) is 10.3. The largest absolute Gasteiger partial charge is 1.00 e. The summed E-state index contributed by atoms with van der Waals surface area (Å²) in [5.41, 5.74) is 2.55. The van der Waals surface area contributed by atoms with E-state index in [1.807, 2.05) is 6.07 Å². The fraction of sp³-hybridized carbons (Fsp3) is 0.167. The van der Waals surface area contributed by atoms with Gasteiger partial charge in [0.2, 0.25) is 6.33 Å². The SMILES string of the molecule is C[C@H](c1ccccc1)n1cc[n+](C(Br)c2ccccc2)c1.[Br-].